The molecule has 37 heavy (non-hydrogen) atoms. The minimum Gasteiger partial charge on any atom is -0.476 e. The van der Waals surface area contributed by atoms with Crippen LogP contribution in [0.1, 0.15) is 65.7 Å². The van der Waals surface area contributed by atoms with E-state index in [1.165, 1.54) is 0 Å². The molecular formula is C30H40O7. The lowest BCUT2D eigenvalue weighted by Crippen LogP contribution is -2.48. The third-order valence-electron chi connectivity index (χ3n) is 7.93. The number of ether oxygens (including phenoxy) is 3. The molecule has 2 N–H and O–H groups in total. The van der Waals surface area contributed by atoms with E-state index in [-0.39, 0.29) is 36.2 Å². The lowest BCUT2D eigenvalue weighted by molar-refractivity contribution is -0.173. The van der Waals surface area contributed by atoms with Crippen molar-refractivity contribution in [1.82, 2.24) is 0 Å². The molecule has 1 aromatic rings. The number of fused-ring (bicyclic) bond motifs is 1. The van der Waals surface area contributed by atoms with Gasteiger partial charge in [-0.25, -0.2) is 4.79 Å². The van der Waals surface area contributed by atoms with E-state index in [1.807, 2.05) is 49.4 Å². The van der Waals surface area contributed by atoms with E-state index in [4.69, 9.17) is 14.2 Å². The summed E-state index contributed by atoms with van der Waals surface area (Å²) in [6, 6.07) is 9.28. The molecule has 0 bridgehead atoms. The van der Waals surface area contributed by atoms with E-state index in [9.17, 15) is 19.8 Å². The van der Waals surface area contributed by atoms with Crippen LogP contribution in [0.25, 0.3) is 0 Å². The first-order valence-corrected chi connectivity index (χ1v) is 13.6. The number of carbonyl (C=O) groups excluding carboxylic acids is 2. The van der Waals surface area contributed by atoms with Crippen molar-refractivity contribution in [2.45, 2.75) is 95.7 Å². The highest BCUT2D eigenvalue weighted by molar-refractivity contribution is 5.80. The fourth-order valence-electron chi connectivity index (χ4n) is 6.09. The Kier molecular flexibility index (Phi) is 8.75. The first-order valence-electron chi connectivity index (χ1n) is 13.6. The van der Waals surface area contributed by atoms with Gasteiger partial charge in [0.1, 0.15) is 18.0 Å². The lowest BCUT2D eigenvalue weighted by atomic mass is 9.66. The average molecular weight is 513 g/mol. The highest BCUT2D eigenvalue weighted by Crippen LogP contribution is 2.44. The molecule has 1 aromatic carbocycles. The van der Waals surface area contributed by atoms with E-state index in [0.29, 0.717) is 31.4 Å². The number of carbonyl (C=O) groups is 2. The normalized spacial score (nSPS) is 32.9. The van der Waals surface area contributed by atoms with E-state index in [0.717, 1.165) is 18.4 Å². The second-order valence-corrected chi connectivity index (χ2v) is 11.0. The van der Waals surface area contributed by atoms with Gasteiger partial charge >= 0.3 is 11.9 Å². The number of benzene rings is 1. The lowest BCUT2D eigenvalue weighted by Gasteiger charge is -2.44. The largest absolute Gasteiger partial charge is 0.476 e. The van der Waals surface area contributed by atoms with Gasteiger partial charge in [-0.2, -0.15) is 0 Å². The predicted octanol–water partition coefficient (Wildman–Crippen LogP) is 4.51. The molecule has 7 nitrogen and oxygen atoms in total. The number of cyclic esters (lactones) is 1. The molecule has 1 aliphatic heterocycles. The Morgan fingerprint density at radius 3 is 2.62 bits per heavy atom. The topological polar surface area (TPSA) is 102 Å². The second kappa shape index (κ2) is 11.8. The Labute approximate surface area is 219 Å². The summed E-state index contributed by atoms with van der Waals surface area (Å²) in [5.41, 5.74) is -0.179. The van der Waals surface area contributed by atoms with Crippen molar-refractivity contribution >= 4 is 11.9 Å². The Hall–Kier alpha value is -2.64. The number of esters is 2. The molecule has 1 heterocycles. The van der Waals surface area contributed by atoms with Crippen molar-refractivity contribution in [3.63, 3.8) is 0 Å². The van der Waals surface area contributed by atoms with Crippen LogP contribution >= 0.6 is 0 Å². The third kappa shape index (κ3) is 6.63. The Balaban J connectivity index is 1.52. The second-order valence-electron chi connectivity index (χ2n) is 11.0. The van der Waals surface area contributed by atoms with Crippen LogP contribution in [0.4, 0.5) is 0 Å². The minimum absolute atomic E-state index is 0.0477. The summed E-state index contributed by atoms with van der Waals surface area (Å²) in [4.78, 5) is 25.4. The zero-order valence-electron chi connectivity index (χ0n) is 22.0. The van der Waals surface area contributed by atoms with Crippen LogP contribution in [0.5, 0.6) is 5.75 Å². The van der Waals surface area contributed by atoms with E-state index < -0.39 is 29.9 Å². The number of aliphatic hydroxyl groups is 2. The summed E-state index contributed by atoms with van der Waals surface area (Å²) >= 11 is 0. The highest BCUT2D eigenvalue weighted by Gasteiger charge is 2.45. The number of para-hydroxylation sites is 1. The van der Waals surface area contributed by atoms with Crippen LogP contribution in [0.3, 0.4) is 0 Å². The van der Waals surface area contributed by atoms with Gasteiger partial charge in [0, 0.05) is 18.8 Å². The van der Waals surface area contributed by atoms with Gasteiger partial charge in [0.15, 0.2) is 0 Å². The number of rotatable bonds is 9. The molecule has 1 fully saturated rings. The molecule has 0 amide bonds. The van der Waals surface area contributed by atoms with Gasteiger partial charge < -0.3 is 24.4 Å². The maximum absolute atomic E-state index is 13.6. The van der Waals surface area contributed by atoms with Crippen LogP contribution in [0, 0.1) is 17.8 Å². The SMILES string of the molecule is CCCC(C)(Oc1ccccc1)C(=O)O[C@H]1C[C@H](O)C=C2C=C[C@H](C)[C@H](CC[C@@H]3C[C@@H](O)CC(=O)O3)[C@H]21. The Morgan fingerprint density at radius 2 is 1.92 bits per heavy atom. The first-order chi connectivity index (χ1) is 17.7. The monoisotopic (exact) mass is 512 g/mol. The first kappa shape index (κ1) is 27.4. The van der Waals surface area contributed by atoms with Gasteiger partial charge in [-0.15, -0.1) is 0 Å². The molecule has 3 aliphatic rings. The maximum Gasteiger partial charge on any atom is 0.350 e. The maximum atomic E-state index is 13.6. The van der Waals surface area contributed by atoms with E-state index in [2.05, 4.69) is 13.0 Å². The molecule has 7 heteroatoms. The molecule has 0 saturated carbocycles. The summed E-state index contributed by atoms with van der Waals surface area (Å²) in [6.07, 6.45) is 7.27. The predicted molar refractivity (Wildman–Crippen MR) is 139 cm³/mol. The van der Waals surface area contributed by atoms with Crippen LogP contribution in [0.15, 0.2) is 54.1 Å². The fourth-order valence-corrected chi connectivity index (χ4v) is 6.09. The highest BCUT2D eigenvalue weighted by atomic mass is 16.6. The smallest absolute Gasteiger partial charge is 0.350 e. The molecule has 8 atom stereocenters. The van der Waals surface area contributed by atoms with Crippen LogP contribution in [-0.2, 0) is 19.1 Å². The number of allylic oxidation sites excluding steroid dienone is 2. The summed E-state index contributed by atoms with van der Waals surface area (Å²) < 4.78 is 17.8. The fraction of sp³-hybridized carbons (Fsp3) is 0.600. The molecule has 2 aliphatic carbocycles. The molecule has 202 valence electrons. The molecular weight excluding hydrogens is 472 g/mol. The molecule has 0 aromatic heterocycles. The zero-order valence-corrected chi connectivity index (χ0v) is 22.0. The van der Waals surface area contributed by atoms with Crippen molar-refractivity contribution < 1.29 is 34.0 Å². The minimum atomic E-state index is -1.15. The van der Waals surface area contributed by atoms with Gasteiger partial charge in [-0.05, 0) is 55.7 Å². The van der Waals surface area contributed by atoms with Gasteiger partial charge in [-0.1, -0.05) is 56.7 Å². The Morgan fingerprint density at radius 1 is 1.16 bits per heavy atom. The van der Waals surface area contributed by atoms with Crippen LogP contribution in [0.2, 0.25) is 0 Å². The van der Waals surface area contributed by atoms with Crippen molar-refractivity contribution in [1.29, 1.82) is 0 Å². The summed E-state index contributed by atoms with van der Waals surface area (Å²) in [7, 11) is 0. The van der Waals surface area contributed by atoms with E-state index in [1.54, 1.807) is 6.92 Å². The summed E-state index contributed by atoms with van der Waals surface area (Å²) in [6.45, 7) is 5.92. The van der Waals surface area contributed by atoms with Crippen LogP contribution in [-0.4, -0.2) is 52.2 Å². The van der Waals surface area contributed by atoms with Gasteiger partial charge in [0.05, 0.1) is 18.6 Å². The molecule has 4 rings (SSSR count). The molecule has 0 spiro atoms. The molecule has 0 radical (unpaired) electrons. The Bertz CT molecular complexity index is 1000. The van der Waals surface area contributed by atoms with E-state index >= 15 is 0 Å². The molecule has 1 saturated heterocycles. The van der Waals surface area contributed by atoms with Gasteiger partial charge in [0.25, 0.3) is 0 Å². The number of hydrogen-bond donors (Lipinski definition) is 2. The summed E-state index contributed by atoms with van der Waals surface area (Å²) in [5, 5.41) is 20.6. The zero-order chi connectivity index (χ0) is 26.6. The summed E-state index contributed by atoms with van der Waals surface area (Å²) in [5.74, 6) is 0.0800. The molecule has 1 unspecified atom stereocenters. The van der Waals surface area contributed by atoms with Gasteiger partial charge in [-0.3, -0.25) is 4.79 Å². The van der Waals surface area contributed by atoms with Crippen molar-refractivity contribution in [3.8, 4) is 5.75 Å². The van der Waals surface area contributed by atoms with Crippen molar-refractivity contribution in [2.24, 2.45) is 17.8 Å². The van der Waals surface area contributed by atoms with Crippen molar-refractivity contribution in [2.75, 3.05) is 0 Å². The van der Waals surface area contributed by atoms with Crippen molar-refractivity contribution in [3.05, 3.63) is 54.1 Å². The third-order valence-corrected chi connectivity index (χ3v) is 7.93. The van der Waals surface area contributed by atoms with Crippen LogP contribution < -0.4 is 4.74 Å². The quantitative estimate of drug-likeness (QED) is 0.469. The van der Waals surface area contributed by atoms with Gasteiger partial charge in [0.2, 0.25) is 5.60 Å². The number of hydrogen-bond acceptors (Lipinski definition) is 7. The standard InChI is InChI=1S/C30H40O7/c1-4-14-30(3,37-23-8-6-5-7-9-23)29(34)36-26-17-21(31)15-20-11-10-19(2)25(28(20)26)13-12-24-16-22(32)18-27(33)35-24/h5-11,15,19,21-22,24-26,28,31-32H,4,12-14,16-18H2,1-3H3/t19-,21+,22+,24+,25-,26-,28-,30?/m0/s1. The number of aliphatic hydroxyl groups excluding tert-OH is 2. The average Bonchev–Trinajstić information content (AvgIpc) is 2.83.